The molecule has 116 valence electrons. The summed E-state index contributed by atoms with van der Waals surface area (Å²) in [4.78, 5) is 19.2. The number of rotatable bonds is 3. The van der Waals surface area contributed by atoms with Crippen LogP contribution in [0.25, 0.3) is 0 Å². The van der Waals surface area contributed by atoms with Gasteiger partial charge in [0.15, 0.2) is 0 Å². The van der Waals surface area contributed by atoms with Crippen molar-refractivity contribution in [3.05, 3.63) is 23.4 Å². The Morgan fingerprint density at radius 1 is 1.29 bits per heavy atom. The van der Waals surface area contributed by atoms with Crippen molar-refractivity contribution in [1.82, 2.24) is 9.88 Å². The van der Waals surface area contributed by atoms with Crippen LogP contribution in [0.15, 0.2) is 12.1 Å². The second-order valence-corrected chi connectivity index (χ2v) is 6.98. The molecule has 0 spiro atoms. The molecule has 4 heteroatoms. The molecule has 1 aliphatic rings. The van der Waals surface area contributed by atoms with Crippen LogP contribution in [0, 0.1) is 0 Å². The van der Waals surface area contributed by atoms with Gasteiger partial charge in [-0.2, -0.15) is 0 Å². The summed E-state index contributed by atoms with van der Waals surface area (Å²) in [6, 6.07) is 4.18. The van der Waals surface area contributed by atoms with Gasteiger partial charge in [0.05, 0.1) is 0 Å². The van der Waals surface area contributed by atoms with Crippen LogP contribution in [-0.2, 0) is 5.41 Å². The Balaban J connectivity index is 2.31. The maximum atomic E-state index is 12.7. The lowest BCUT2D eigenvalue weighted by molar-refractivity contribution is 0.0735. The van der Waals surface area contributed by atoms with Crippen molar-refractivity contribution in [3.63, 3.8) is 0 Å². The number of hydrogen-bond donors (Lipinski definition) is 1. The summed E-state index contributed by atoms with van der Waals surface area (Å²) in [5, 5.41) is 3.06. The quantitative estimate of drug-likeness (QED) is 0.927. The predicted molar refractivity (Wildman–Crippen MR) is 86.8 cm³/mol. The maximum Gasteiger partial charge on any atom is 0.254 e. The minimum Gasteiger partial charge on any atom is -0.373 e. The summed E-state index contributed by atoms with van der Waals surface area (Å²) in [5.41, 5.74) is 1.60. The average molecular weight is 289 g/mol. The first kappa shape index (κ1) is 15.8. The molecule has 0 aromatic carbocycles. The third kappa shape index (κ3) is 3.55. The molecule has 2 rings (SSSR count). The van der Waals surface area contributed by atoms with E-state index in [0.717, 1.165) is 29.9 Å². The number of carbonyl (C=O) groups excluding carboxylic acids is 1. The van der Waals surface area contributed by atoms with Crippen LogP contribution < -0.4 is 5.32 Å². The van der Waals surface area contributed by atoms with Crippen molar-refractivity contribution in [2.24, 2.45) is 0 Å². The molecule has 1 fully saturated rings. The van der Waals surface area contributed by atoms with Gasteiger partial charge in [0, 0.05) is 36.8 Å². The number of hydrogen-bond acceptors (Lipinski definition) is 3. The first-order valence-corrected chi connectivity index (χ1v) is 7.80. The van der Waals surface area contributed by atoms with Gasteiger partial charge in [0.2, 0.25) is 0 Å². The van der Waals surface area contributed by atoms with E-state index in [1.807, 2.05) is 31.1 Å². The highest BCUT2D eigenvalue weighted by Crippen LogP contribution is 2.26. The van der Waals surface area contributed by atoms with Crippen molar-refractivity contribution in [1.29, 1.82) is 0 Å². The number of carbonyl (C=O) groups is 1. The van der Waals surface area contributed by atoms with E-state index in [0.29, 0.717) is 6.04 Å². The molecule has 1 aromatic rings. The van der Waals surface area contributed by atoms with Crippen LogP contribution in [0.1, 0.15) is 62.5 Å². The van der Waals surface area contributed by atoms with Crippen LogP contribution in [0.5, 0.6) is 0 Å². The van der Waals surface area contributed by atoms with Crippen molar-refractivity contribution in [2.75, 3.05) is 19.4 Å². The minimum absolute atomic E-state index is 0.0756. The number of amides is 1. The summed E-state index contributed by atoms with van der Waals surface area (Å²) >= 11 is 0. The second-order valence-electron chi connectivity index (χ2n) is 6.98. The molecular weight excluding hydrogens is 262 g/mol. The molecule has 1 saturated carbocycles. The Labute approximate surface area is 127 Å². The molecule has 21 heavy (non-hydrogen) atoms. The van der Waals surface area contributed by atoms with E-state index in [1.54, 1.807) is 0 Å². The third-order valence-corrected chi connectivity index (χ3v) is 4.29. The summed E-state index contributed by atoms with van der Waals surface area (Å²) < 4.78 is 0. The largest absolute Gasteiger partial charge is 0.373 e. The lowest BCUT2D eigenvalue weighted by Gasteiger charge is -2.26. The number of nitrogens with one attached hydrogen (secondary N) is 1. The van der Waals surface area contributed by atoms with Gasteiger partial charge in [0.1, 0.15) is 5.82 Å². The summed E-state index contributed by atoms with van der Waals surface area (Å²) in [7, 11) is 3.76. The molecule has 0 radical (unpaired) electrons. The topological polar surface area (TPSA) is 45.2 Å². The Kier molecular flexibility index (Phi) is 4.55. The first-order chi connectivity index (χ1) is 9.82. The van der Waals surface area contributed by atoms with Crippen LogP contribution in [-0.4, -0.2) is 35.9 Å². The molecule has 1 heterocycles. The fourth-order valence-corrected chi connectivity index (χ4v) is 2.83. The van der Waals surface area contributed by atoms with Crippen molar-refractivity contribution < 1.29 is 4.79 Å². The van der Waals surface area contributed by atoms with Gasteiger partial charge in [-0.1, -0.05) is 33.6 Å². The number of aromatic nitrogens is 1. The first-order valence-electron chi connectivity index (χ1n) is 7.80. The molecule has 1 N–H and O–H groups in total. The smallest absolute Gasteiger partial charge is 0.254 e. The Morgan fingerprint density at radius 2 is 1.90 bits per heavy atom. The molecule has 0 bridgehead atoms. The minimum atomic E-state index is -0.0756. The molecule has 0 unspecified atom stereocenters. The van der Waals surface area contributed by atoms with Crippen molar-refractivity contribution in [2.45, 2.75) is 57.9 Å². The summed E-state index contributed by atoms with van der Waals surface area (Å²) in [6.45, 7) is 6.34. The summed E-state index contributed by atoms with van der Waals surface area (Å²) in [6.07, 6.45) is 4.71. The zero-order valence-corrected chi connectivity index (χ0v) is 13.9. The average Bonchev–Trinajstić information content (AvgIpc) is 2.98. The highest BCUT2D eigenvalue weighted by molar-refractivity contribution is 5.95. The van der Waals surface area contributed by atoms with Gasteiger partial charge in [0.25, 0.3) is 5.91 Å². The SMILES string of the molecule is CNc1cc(C(=O)N(C)C2CCCC2)cc(C(C)(C)C)n1. The Hall–Kier alpha value is -1.58. The zero-order chi connectivity index (χ0) is 15.6. The van der Waals surface area contributed by atoms with Gasteiger partial charge in [-0.3, -0.25) is 4.79 Å². The van der Waals surface area contributed by atoms with E-state index in [2.05, 4.69) is 31.1 Å². The van der Waals surface area contributed by atoms with Crippen LogP contribution >= 0.6 is 0 Å². The van der Waals surface area contributed by atoms with E-state index in [-0.39, 0.29) is 11.3 Å². The van der Waals surface area contributed by atoms with E-state index in [9.17, 15) is 4.79 Å². The fourth-order valence-electron chi connectivity index (χ4n) is 2.83. The molecule has 1 aromatic heterocycles. The molecule has 0 atom stereocenters. The molecule has 1 aliphatic carbocycles. The monoisotopic (exact) mass is 289 g/mol. The third-order valence-electron chi connectivity index (χ3n) is 4.29. The summed E-state index contributed by atoms with van der Waals surface area (Å²) in [5.74, 6) is 0.858. The molecule has 0 aliphatic heterocycles. The van der Waals surface area contributed by atoms with Crippen LogP contribution in [0.4, 0.5) is 5.82 Å². The highest BCUT2D eigenvalue weighted by Gasteiger charge is 2.26. The van der Waals surface area contributed by atoms with Crippen molar-refractivity contribution in [3.8, 4) is 0 Å². The molecule has 4 nitrogen and oxygen atoms in total. The molecule has 0 saturated heterocycles. The lowest BCUT2D eigenvalue weighted by atomic mass is 9.90. The second kappa shape index (κ2) is 6.04. The molecular formula is C17H27N3O. The Bertz CT molecular complexity index is 513. The van der Waals surface area contributed by atoms with Gasteiger partial charge in [-0.05, 0) is 25.0 Å². The zero-order valence-electron chi connectivity index (χ0n) is 13.9. The van der Waals surface area contributed by atoms with Crippen LogP contribution in [0.3, 0.4) is 0 Å². The van der Waals surface area contributed by atoms with E-state index in [1.165, 1.54) is 12.8 Å². The van der Waals surface area contributed by atoms with Gasteiger partial charge < -0.3 is 10.2 Å². The maximum absolute atomic E-state index is 12.7. The van der Waals surface area contributed by atoms with E-state index in [4.69, 9.17) is 0 Å². The van der Waals surface area contributed by atoms with Crippen LogP contribution in [0.2, 0.25) is 0 Å². The number of anilines is 1. The van der Waals surface area contributed by atoms with Gasteiger partial charge in [-0.25, -0.2) is 4.98 Å². The van der Waals surface area contributed by atoms with Gasteiger partial charge >= 0.3 is 0 Å². The Morgan fingerprint density at radius 3 is 2.43 bits per heavy atom. The van der Waals surface area contributed by atoms with E-state index >= 15 is 0 Å². The lowest BCUT2D eigenvalue weighted by Crippen LogP contribution is -2.35. The normalized spacial score (nSPS) is 16.0. The standard InChI is InChI=1S/C17H27N3O/c1-17(2,3)14-10-12(11-15(18-4)19-14)16(21)20(5)13-8-6-7-9-13/h10-11,13H,6-9H2,1-5H3,(H,18,19). The predicted octanol–water partition coefficient (Wildman–Crippen LogP) is 3.44. The molecule has 1 amide bonds. The number of pyridine rings is 1. The highest BCUT2D eigenvalue weighted by atomic mass is 16.2. The van der Waals surface area contributed by atoms with E-state index < -0.39 is 0 Å². The fraction of sp³-hybridized carbons (Fsp3) is 0.647. The van der Waals surface area contributed by atoms with Gasteiger partial charge in [-0.15, -0.1) is 0 Å². The number of nitrogens with zero attached hydrogens (tertiary/aromatic N) is 2. The van der Waals surface area contributed by atoms with Crippen molar-refractivity contribution >= 4 is 11.7 Å².